The maximum atomic E-state index is 13.6. The predicted octanol–water partition coefficient (Wildman–Crippen LogP) is 2.46. The molecule has 154 valence electrons. The fourth-order valence-electron chi connectivity index (χ4n) is 6.05. The van der Waals surface area contributed by atoms with Gasteiger partial charge in [0.25, 0.3) is 0 Å². The number of Topliss-reactive ketones (excluding diaryl/α,β-unsaturated/α-hetero) is 1. The van der Waals surface area contributed by atoms with Crippen molar-refractivity contribution < 1.29 is 14.8 Å². The van der Waals surface area contributed by atoms with Crippen LogP contribution in [-0.2, 0) is 29.5 Å². The molecule has 1 saturated heterocycles. The Labute approximate surface area is 170 Å². The van der Waals surface area contributed by atoms with Gasteiger partial charge in [-0.1, -0.05) is 18.2 Å². The van der Waals surface area contributed by atoms with E-state index in [4.69, 9.17) is 0 Å². The monoisotopic (exact) mass is 395 g/mol. The highest BCUT2D eigenvalue weighted by molar-refractivity contribution is 5.94. The van der Waals surface area contributed by atoms with E-state index < -0.39 is 17.9 Å². The molecule has 29 heavy (non-hydrogen) atoms. The van der Waals surface area contributed by atoms with Crippen LogP contribution in [0.5, 0.6) is 0 Å². The quantitative estimate of drug-likeness (QED) is 0.618. The van der Waals surface area contributed by atoms with Gasteiger partial charge in [0.2, 0.25) is 5.91 Å². The lowest BCUT2D eigenvalue weighted by Crippen LogP contribution is -2.57. The summed E-state index contributed by atoms with van der Waals surface area (Å²) >= 11 is 0. The molecule has 2 fully saturated rings. The number of hydroxylamine groups is 1. The summed E-state index contributed by atoms with van der Waals surface area (Å²) in [7, 11) is 4.05. The molecule has 2 aromatic rings. The number of para-hydroxylation sites is 1. The molecule has 3 aliphatic rings. The molecular weight excluding hydrogens is 366 g/mol. The van der Waals surface area contributed by atoms with Gasteiger partial charge in [0.1, 0.15) is 0 Å². The van der Waals surface area contributed by atoms with Gasteiger partial charge < -0.3 is 4.57 Å². The van der Waals surface area contributed by atoms with Crippen LogP contribution < -0.4 is 5.48 Å². The number of carbonyl (C=O) groups excluding carboxylic acids is 2. The Kier molecular flexibility index (Phi) is 4.33. The predicted molar refractivity (Wildman–Crippen MR) is 110 cm³/mol. The van der Waals surface area contributed by atoms with Gasteiger partial charge in [0, 0.05) is 36.1 Å². The number of hydrogen-bond acceptors (Lipinski definition) is 4. The van der Waals surface area contributed by atoms with Crippen LogP contribution in [0.4, 0.5) is 0 Å². The largest absolute Gasteiger partial charge is 0.347 e. The van der Waals surface area contributed by atoms with Crippen molar-refractivity contribution in [3.8, 4) is 0 Å². The number of ketones is 1. The molecule has 1 aliphatic heterocycles. The highest BCUT2D eigenvalue weighted by atomic mass is 16.5. The number of rotatable bonds is 3. The Hall–Kier alpha value is -2.18. The zero-order valence-electron chi connectivity index (χ0n) is 17.1. The minimum absolute atomic E-state index is 0.0831. The van der Waals surface area contributed by atoms with E-state index in [1.54, 1.807) is 0 Å². The summed E-state index contributed by atoms with van der Waals surface area (Å²) < 4.78 is 2.23. The van der Waals surface area contributed by atoms with Gasteiger partial charge in [-0.3, -0.25) is 19.7 Å². The molecule has 3 atom stereocenters. The lowest BCUT2D eigenvalue weighted by molar-refractivity contribution is -0.146. The van der Waals surface area contributed by atoms with E-state index in [0.717, 1.165) is 38.6 Å². The van der Waals surface area contributed by atoms with Crippen molar-refractivity contribution in [2.24, 2.45) is 24.3 Å². The molecule has 1 unspecified atom stereocenters. The topological polar surface area (TPSA) is 74.6 Å². The van der Waals surface area contributed by atoms with Crippen LogP contribution >= 0.6 is 0 Å². The number of nitrogens with one attached hydrogen (secondary N) is 1. The van der Waals surface area contributed by atoms with Gasteiger partial charge >= 0.3 is 0 Å². The van der Waals surface area contributed by atoms with Crippen molar-refractivity contribution >= 4 is 22.6 Å². The van der Waals surface area contributed by atoms with Crippen molar-refractivity contribution in [2.75, 3.05) is 13.6 Å². The number of aryl methyl sites for hydroxylation is 2. The highest BCUT2D eigenvalue weighted by Crippen LogP contribution is 2.55. The molecule has 0 bridgehead atoms. The van der Waals surface area contributed by atoms with Crippen molar-refractivity contribution in [3.63, 3.8) is 0 Å². The van der Waals surface area contributed by atoms with Crippen LogP contribution in [0.3, 0.4) is 0 Å². The second-order valence-electron chi connectivity index (χ2n) is 9.49. The van der Waals surface area contributed by atoms with Crippen molar-refractivity contribution in [1.82, 2.24) is 14.9 Å². The molecule has 1 aromatic carbocycles. The second-order valence-corrected chi connectivity index (χ2v) is 9.49. The first-order valence-corrected chi connectivity index (χ1v) is 10.7. The zero-order valence-corrected chi connectivity index (χ0v) is 17.1. The third-order valence-electron chi connectivity index (χ3n) is 7.72. The lowest BCUT2D eigenvalue weighted by Gasteiger charge is -2.43. The molecule has 1 saturated carbocycles. The van der Waals surface area contributed by atoms with Gasteiger partial charge in [-0.05, 0) is 62.6 Å². The van der Waals surface area contributed by atoms with Gasteiger partial charge in [0.15, 0.2) is 5.78 Å². The van der Waals surface area contributed by atoms with Crippen molar-refractivity contribution in [3.05, 3.63) is 35.5 Å². The molecular formula is C23H29N3O3. The van der Waals surface area contributed by atoms with E-state index in [1.807, 2.05) is 12.5 Å². The molecule has 1 spiro atoms. The van der Waals surface area contributed by atoms with Crippen LogP contribution in [0.25, 0.3) is 10.9 Å². The van der Waals surface area contributed by atoms with E-state index >= 15 is 0 Å². The van der Waals surface area contributed by atoms with Gasteiger partial charge in [-0.2, -0.15) is 0 Å². The Bertz CT molecular complexity index is 991. The number of piperidine rings is 1. The maximum Gasteiger partial charge on any atom is 0.248 e. The highest BCUT2D eigenvalue weighted by Gasteiger charge is 2.55. The third kappa shape index (κ3) is 2.92. The summed E-state index contributed by atoms with van der Waals surface area (Å²) in [6.45, 7) is 0.866. The molecule has 1 amide bonds. The first kappa shape index (κ1) is 18.8. The Morgan fingerprint density at radius 2 is 1.97 bits per heavy atom. The summed E-state index contributed by atoms with van der Waals surface area (Å²) in [5.41, 5.74) is 5.82. The van der Waals surface area contributed by atoms with E-state index in [1.165, 1.54) is 22.2 Å². The van der Waals surface area contributed by atoms with Crippen LogP contribution in [0.1, 0.15) is 36.9 Å². The van der Waals surface area contributed by atoms with E-state index in [2.05, 4.69) is 40.8 Å². The maximum absolute atomic E-state index is 13.6. The smallest absolute Gasteiger partial charge is 0.248 e. The summed E-state index contributed by atoms with van der Waals surface area (Å²) in [6, 6.07) is 7.98. The average Bonchev–Trinajstić information content (AvgIpc) is 3.42. The molecule has 2 aliphatic carbocycles. The van der Waals surface area contributed by atoms with Crippen molar-refractivity contribution in [2.45, 2.75) is 44.6 Å². The average molecular weight is 396 g/mol. The number of likely N-dealkylation sites (N-methyl/N-ethyl adjacent to an activating group) is 1. The summed E-state index contributed by atoms with van der Waals surface area (Å²) in [5.74, 6) is -0.808. The molecule has 6 nitrogen and oxygen atoms in total. The van der Waals surface area contributed by atoms with E-state index in [-0.39, 0.29) is 17.1 Å². The van der Waals surface area contributed by atoms with Crippen LogP contribution in [0.2, 0.25) is 0 Å². The SMILES string of the molecule is CN1CC2(CC2)C[C@H](C(=O)NO)[C@H]1C(=O)C1CCc2c(n(C)c3ccccc23)C1. The standard InChI is InChI=1S/C23H29N3O3/c1-25-13-23(9-10-23)12-17(22(28)24-29)20(25)21(27)14-7-8-16-15-5-3-4-6-18(15)26(2)19(16)11-14/h3-6,14,17,20,29H,7-13H2,1-2H3,(H,24,28)/t14?,17-,20-/m0/s1. The number of hydrogen-bond donors (Lipinski definition) is 2. The molecule has 0 radical (unpaired) electrons. The number of aromatic nitrogens is 1. The first-order chi connectivity index (χ1) is 13.9. The van der Waals surface area contributed by atoms with Gasteiger partial charge in [0.05, 0.1) is 12.0 Å². The zero-order chi connectivity index (χ0) is 20.3. The minimum atomic E-state index is -0.470. The third-order valence-corrected chi connectivity index (χ3v) is 7.72. The van der Waals surface area contributed by atoms with E-state index in [0.29, 0.717) is 6.42 Å². The fraction of sp³-hybridized carbons (Fsp3) is 0.565. The van der Waals surface area contributed by atoms with Crippen LogP contribution in [0, 0.1) is 17.3 Å². The fourth-order valence-corrected chi connectivity index (χ4v) is 6.05. The number of carbonyl (C=O) groups is 2. The number of amides is 1. The van der Waals surface area contributed by atoms with Gasteiger partial charge in [-0.25, -0.2) is 5.48 Å². The Balaban J connectivity index is 1.44. The Morgan fingerprint density at radius 1 is 1.21 bits per heavy atom. The second kappa shape index (κ2) is 6.67. The summed E-state index contributed by atoms with van der Waals surface area (Å²) in [6.07, 6.45) is 5.36. The van der Waals surface area contributed by atoms with Crippen LogP contribution in [-0.4, -0.2) is 46.0 Å². The van der Waals surface area contributed by atoms with Crippen LogP contribution in [0.15, 0.2) is 24.3 Å². The molecule has 2 heterocycles. The molecule has 1 aromatic heterocycles. The first-order valence-electron chi connectivity index (χ1n) is 10.7. The summed E-state index contributed by atoms with van der Waals surface area (Å²) in [4.78, 5) is 28.2. The normalized spacial score (nSPS) is 28.3. The number of likely N-dealkylation sites (tertiary alicyclic amines) is 1. The Morgan fingerprint density at radius 3 is 2.69 bits per heavy atom. The minimum Gasteiger partial charge on any atom is -0.347 e. The number of nitrogens with zero attached hydrogens (tertiary/aromatic N) is 2. The lowest BCUT2D eigenvalue weighted by atomic mass is 9.74. The molecule has 2 N–H and O–H groups in total. The van der Waals surface area contributed by atoms with Crippen molar-refractivity contribution in [1.29, 1.82) is 0 Å². The molecule has 6 heteroatoms. The number of benzene rings is 1. The van der Waals surface area contributed by atoms with Gasteiger partial charge in [-0.15, -0.1) is 0 Å². The van der Waals surface area contributed by atoms with E-state index in [9.17, 15) is 14.8 Å². The summed E-state index contributed by atoms with van der Waals surface area (Å²) in [5, 5.41) is 10.6. The molecule has 5 rings (SSSR count). The number of fused-ring (bicyclic) bond motifs is 3.